The van der Waals surface area contributed by atoms with Crippen molar-refractivity contribution in [2.45, 2.75) is 12.3 Å². The van der Waals surface area contributed by atoms with Gasteiger partial charge in [0.25, 0.3) is 0 Å². The molecule has 1 atom stereocenters. The van der Waals surface area contributed by atoms with Gasteiger partial charge in [-0.3, -0.25) is 0 Å². The van der Waals surface area contributed by atoms with E-state index in [1.807, 2.05) is 18.2 Å². The van der Waals surface area contributed by atoms with Crippen LogP contribution >= 0.6 is 0 Å². The minimum atomic E-state index is -4.40. The molecule has 2 heterocycles. The standard InChI is InChI=1S/C13H12F3N3O2/c14-13(15,16)10-8-19(6-7-20-10)12-17-11(18-21-12)9-4-2-1-3-5-9/h1-5,10H,6-8H2/t10-/m1/s1. The summed E-state index contributed by atoms with van der Waals surface area (Å²) in [7, 11) is 0. The number of halogens is 3. The second-order valence-electron chi connectivity index (χ2n) is 4.61. The van der Waals surface area contributed by atoms with E-state index < -0.39 is 12.3 Å². The maximum atomic E-state index is 12.7. The molecule has 3 rings (SSSR count). The fraction of sp³-hybridized carbons (Fsp3) is 0.385. The van der Waals surface area contributed by atoms with Crippen molar-refractivity contribution in [3.8, 4) is 11.4 Å². The van der Waals surface area contributed by atoms with E-state index in [4.69, 9.17) is 9.26 Å². The zero-order chi connectivity index (χ0) is 14.9. The number of hydrogen-bond donors (Lipinski definition) is 0. The summed E-state index contributed by atoms with van der Waals surface area (Å²) < 4.78 is 47.8. The molecule has 112 valence electrons. The molecule has 2 aromatic rings. The van der Waals surface area contributed by atoms with Crippen LogP contribution in [-0.4, -0.2) is 42.1 Å². The quantitative estimate of drug-likeness (QED) is 0.853. The molecule has 0 bridgehead atoms. The van der Waals surface area contributed by atoms with E-state index in [-0.39, 0.29) is 25.7 Å². The number of morpholine rings is 1. The zero-order valence-electron chi connectivity index (χ0n) is 10.9. The monoisotopic (exact) mass is 299 g/mol. The van der Waals surface area contributed by atoms with E-state index in [0.29, 0.717) is 5.82 Å². The molecule has 1 aliphatic heterocycles. The smallest absolute Gasteiger partial charge is 0.365 e. The summed E-state index contributed by atoms with van der Waals surface area (Å²) in [4.78, 5) is 5.54. The van der Waals surface area contributed by atoms with Gasteiger partial charge in [-0.2, -0.15) is 18.2 Å². The second-order valence-corrected chi connectivity index (χ2v) is 4.61. The van der Waals surface area contributed by atoms with Gasteiger partial charge in [0.1, 0.15) is 0 Å². The molecule has 0 amide bonds. The topological polar surface area (TPSA) is 51.4 Å². The van der Waals surface area contributed by atoms with Gasteiger partial charge >= 0.3 is 12.2 Å². The van der Waals surface area contributed by atoms with E-state index >= 15 is 0 Å². The molecule has 8 heteroatoms. The van der Waals surface area contributed by atoms with Crippen LogP contribution in [-0.2, 0) is 4.74 Å². The van der Waals surface area contributed by atoms with Crippen LogP contribution < -0.4 is 4.90 Å². The third-order valence-electron chi connectivity index (χ3n) is 3.15. The molecule has 5 nitrogen and oxygen atoms in total. The molecule has 1 aromatic carbocycles. The van der Waals surface area contributed by atoms with Crippen LogP contribution in [0.3, 0.4) is 0 Å². The summed E-state index contributed by atoms with van der Waals surface area (Å²) in [6.45, 7) is -0.101. The molecule has 1 aromatic heterocycles. The first kappa shape index (κ1) is 13.9. The predicted octanol–water partition coefficient (Wildman–Crippen LogP) is 2.50. The van der Waals surface area contributed by atoms with Crippen molar-refractivity contribution in [2.75, 3.05) is 24.6 Å². The molecule has 21 heavy (non-hydrogen) atoms. The van der Waals surface area contributed by atoms with Crippen molar-refractivity contribution in [2.24, 2.45) is 0 Å². The highest BCUT2D eigenvalue weighted by Gasteiger charge is 2.44. The SMILES string of the molecule is FC(F)(F)[C@H]1CN(c2nc(-c3ccccc3)no2)CCO1. The Labute approximate surface area is 118 Å². The lowest BCUT2D eigenvalue weighted by Gasteiger charge is -2.32. The molecule has 1 saturated heterocycles. The minimum Gasteiger partial charge on any atom is -0.365 e. The average molecular weight is 299 g/mol. The highest BCUT2D eigenvalue weighted by atomic mass is 19.4. The number of hydrogen-bond acceptors (Lipinski definition) is 5. The van der Waals surface area contributed by atoms with Crippen molar-refractivity contribution in [1.29, 1.82) is 0 Å². The van der Waals surface area contributed by atoms with Gasteiger partial charge in [0.05, 0.1) is 13.2 Å². The summed E-state index contributed by atoms with van der Waals surface area (Å²) in [5.74, 6) is 0.348. The van der Waals surface area contributed by atoms with Crippen LogP contribution in [0, 0.1) is 0 Å². The highest BCUT2D eigenvalue weighted by molar-refractivity contribution is 5.55. The van der Waals surface area contributed by atoms with Crippen molar-refractivity contribution in [3.63, 3.8) is 0 Å². The predicted molar refractivity (Wildman–Crippen MR) is 67.7 cm³/mol. The Kier molecular flexibility index (Phi) is 3.54. The third kappa shape index (κ3) is 2.99. The van der Waals surface area contributed by atoms with Crippen LogP contribution in [0.2, 0.25) is 0 Å². The lowest BCUT2D eigenvalue weighted by atomic mass is 10.2. The summed E-state index contributed by atoms with van der Waals surface area (Å²) in [5, 5.41) is 3.80. The Morgan fingerprint density at radius 2 is 1.95 bits per heavy atom. The Morgan fingerprint density at radius 1 is 1.19 bits per heavy atom. The van der Waals surface area contributed by atoms with Crippen LogP contribution in [0.5, 0.6) is 0 Å². The van der Waals surface area contributed by atoms with Crippen LogP contribution in [0.25, 0.3) is 11.4 Å². The number of benzene rings is 1. The summed E-state index contributed by atoms with van der Waals surface area (Å²) >= 11 is 0. The van der Waals surface area contributed by atoms with E-state index in [1.165, 1.54) is 4.90 Å². The van der Waals surface area contributed by atoms with Crippen molar-refractivity contribution in [3.05, 3.63) is 30.3 Å². The molecule has 0 unspecified atom stereocenters. The van der Waals surface area contributed by atoms with Gasteiger partial charge in [-0.15, -0.1) is 0 Å². The van der Waals surface area contributed by atoms with Gasteiger partial charge < -0.3 is 14.2 Å². The van der Waals surface area contributed by atoms with Crippen LogP contribution in [0.15, 0.2) is 34.9 Å². The maximum Gasteiger partial charge on any atom is 0.416 e. The van der Waals surface area contributed by atoms with Gasteiger partial charge in [-0.1, -0.05) is 35.5 Å². The lowest BCUT2D eigenvalue weighted by Crippen LogP contribution is -2.49. The molecule has 0 N–H and O–H groups in total. The molecular weight excluding hydrogens is 287 g/mol. The third-order valence-corrected chi connectivity index (χ3v) is 3.15. The zero-order valence-corrected chi connectivity index (χ0v) is 10.9. The number of alkyl halides is 3. The molecule has 1 aliphatic rings. The Bertz CT molecular complexity index is 600. The number of nitrogens with zero attached hydrogens (tertiary/aromatic N) is 3. The Morgan fingerprint density at radius 3 is 2.67 bits per heavy atom. The first-order chi connectivity index (χ1) is 10.0. The average Bonchev–Trinajstić information content (AvgIpc) is 2.97. The van der Waals surface area contributed by atoms with E-state index in [1.54, 1.807) is 12.1 Å². The summed E-state index contributed by atoms with van der Waals surface area (Å²) in [6.07, 6.45) is -6.24. The highest BCUT2D eigenvalue weighted by Crippen LogP contribution is 2.28. The van der Waals surface area contributed by atoms with Crippen molar-refractivity contribution < 1.29 is 22.4 Å². The Hall–Kier alpha value is -2.09. The fourth-order valence-corrected chi connectivity index (χ4v) is 2.07. The number of ether oxygens (including phenoxy) is 1. The van der Waals surface area contributed by atoms with E-state index in [9.17, 15) is 13.2 Å². The van der Waals surface area contributed by atoms with Crippen molar-refractivity contribution >= 4 is 6.01 Å². The molecule has 1 fully saturated rings. The molecule has 0 radical (unpaired) electrons. The molecule has 0 aliphatic carbocycles. The normalized spacial score (nSPS) is 19.8. The lowest BCUT2D eigenvalue weighted by molar-refractivity contribution is -0.221. The van der Waals surface area contributed by atoms with Gasteiger partial charge in [-0.05, 0) is 0 Å². The van der Waals surface area contributed by atoms with Crippen LogP contribution in [0.4, 0.5) is 19.2 Å². The molecular formula is C13H12F3N3O2. The first-order valence-corrected chi connectivity index (χ1v) is 6.36. The van der Waals surface area contributed by atoms with E-state index in [0.717, 1.165) is 5.56 Å². The molecule has 0 spiro atoms. The van der Waals surface area contributed by atoms with Gasteiger partial charge in [0, 0.05) is 12.1 Å². The second kappa shape index (κ2) is 5.36. The van der Waals surface area contributed by atoms with Crippen LogP contribution in [0.1, 0.15) is 0 Å². The van der Waals surface area contributed by atoms with Gasteiger partial charge in [0.2, 0.25) is 5.82 Å². The molecule has 0 saturated carbocycles. The largest absolute Gasteiger partial charge is 0.416 e. The number of anilines is 1. The van der Waals surface area contributed by atoms with Crippen molar-refractivity contribution in [1.82, 2.24) is 10.1 Å². The fourth-order valence-electron chi connectivity index (χ4n) is 2.07. The summed E-state index contributed by atoms with van der Waals surface area (Å²) in [6, 6.07) is 9.16. The Balaban J connectivity index is 1.77. The van der Waals surface area contributed by atoms with E-state index in [2.05, 4.69) is 10.1 Å². The first-order valence-electron chi connectivity index (χ1n) is 6.36. The maximum absolute atomic E-state index is 12.7. The minimum absolute atomic E-state index is 0.0345. The van der Waals surface area contributed by atoms with Gasteiger partial charge in [0.15, 0.2) is 6.10 Å². The number of aromatic nitrogens is 2. The number of rotatable bonds is 2. The summed E-state index contributed by atoms with van der Waals surface area (Å²) in [5.41, 5.74) is 0.744. The van der Waals surface area contributed by atoms with Gasteiger partial charge in [-0.25, -0.2) is 0 Å².